The monoisotopic (exact) mass is 487 g/mol. The number of urea groups is 1. The topological polar surface area (TPSA) is 137 Å². The van der Waals surface area contributed by atoms with Crippen molar-refractivity contribution in [1.82, 2.24) is 10.3 Å². The number of anilines is 1. The molecule has 0 radical (unpaired) electrons. The van der Waals surface area contributed by atoms with Gasteiger partial charge in [0.25, 0.3) is 5.56 Å². The number of carbonyl (C=O) groups is 2. The van der Waals surface area contributed by atoms with Crippen molar-refractivity contribution in [2.75, 3.05) is 5.32 Å². The largest absolute Gasteiger partial charge is 1.00 e. The molecular formula is C22H17F2N3Na2O5. The van der Waals surface area contributed by atoms with E-state index in [1.165, 1.54) is 37.3 Å². The third-order valence-electron chi connectivity index (χ3n) is 4.58. The van der Waals surface area contributed by atoms with Gasteiger partial charge in [-0.25, -0.2) is 13.6 Å². The van der Waals surface area contributed by atoms with Gasteiger partial charge in [0.2, 0.25) is 0 Å². The molecule has 3 aromatic rings. The van der Waals surface area contributed by atoms with E-state index in [1.807, 2.05) is 0 Å². The van der Waals surface area contributed by atoms with E-state index in [0.29, 0.717) is 17.3 Å². The average molecular weight is 487 g/mol. The molecule has 0 unspecified atom stereocenters. The van der Waals surface area contributed by atoms with Gasteiger partial charge in [-0.3, -0.25) is 4.79 Å². The quantitative estimate of drug-likeness (QED) is 0.303. The molecule has 0 saturated carbocycles. The first-order chi connectivity index (χ1) is 15.1. The summed E-state index contributed by atoms with van der Waals surface area (Å²) in [5.41, 5.74) is -0.344. The molecule has 0 saturated heterocycles. The second-order valence-electron chi connectivity index (χ2n) is 7.00. The Morgan fingerprint density at radius 3 is 2.41 bits per heavy atom. The minimum atomic E-state index is -1.48. The second kappa shape index (κ2) is 13.0. The summed E-state index contributed by atoms with van der Waals surface area (Å²) in [6.45, 7) is 1.50. The molecule has 1 aromatic heterocycles. The van der Waals surface area contributed by atoms with Crippen LogP contribution >= 0.6 is 0 Å². The zero-order valence-corrected chi connectivity index (χ0v) is 22.7. The van der Waals surface area contributed by atoms with Gasteiger partial charge >= 0.3 is 65.1 Å². The van der Waals surface area contributed by atoms with Crippen LogP contribution in [0.4, 0.5) is 19.3 Å². The Hall–Kier alpha value is -2.21. The van der Waals surface area contributed by atoms with Crippen molar-refractivity contribution in [3.63, 3.8) is 0 Å². The summed E-state index contributed by atoms with van der Waals surface area (Å²) < 4.78 is 27.4. The molecule has 12 heteroatoms. The first-order valence-corrected chi connectivity index (χ1v) is 9.37. The number of halogens is 2. The van der Waals surface area contributed by atoms with Crippen molar-refractivity contribution < 1.29 is 87.7 Å². The van der Waals surface area contributed by atoms with Crippen LogP contribution in [-0.2, 0) is 4.79 Å². The molecule has 166 valence electrons. The summed E-state index contributed by atoms with van der Waals surface area (Å²) in [5.74, 6) is -3.76. The Morgan fingerprint density at radius 2 is 1.79 bits per heavy atom. The average Bonchev–Trinajstić information content (AvgIpc) is 2.70. The van der Waals surface area contributed by atoms with Crippen molar-refractivity contribution in [3.8, 4) is 16.9 Å². The van der Waals surface area contributed by atoms with Gasteiger partial charge in [0.15, 0.2) is 0 Å². The van der Waals surface area contributed by atoms with Crippen molar-refractivity contribution in [2.24, 2.45) is 0 Å². The molecule has 34 heavy (non-hydrogen) atoms. The van der Waals surface area contributed by atoms with E-state index in [4.69, 9.17) is 0 Å². The van der Waals surface area contributed by atoms with Gasteiger partial charge in [0.05, 0.1) is 6.04 Å². The van der Waals surface area contributed by atoms with Gasteiger partial charge in [-0.05, 0) is 42.3 Å². The first-order valence-electron chi connectivity index (χ1n) is 9.37. The SMILES string of the molecule is Cc1cc([O-])c(NC(=O)N[C@@H](CC(=O)[O-])c2cccc(-c3ccc(F)cc3F)c2)c(=O)[nH]1.[Na+].[Na+]. The first kappa shape index (κ1) is 29.8. The van der Waals surface area contributed by atoms with E-state index >= 15 is 0 Å². The number of aromatic amines is 1. The fourth-order valence-electron chi connectivity index (χ4n) is 3.15. The Bertz CT molecular complexity index is 1250. The Kier molecular flexibility index (Phi) is 11.4. The number of benzene rings is 2. The standard InChI is InChI=1S/C22H19F2N3O5.2Na/c1-11-7-18(28)20(21(31)25-11)27-22(32)26-17(10-19(29)30)13-4-2-3-12(8-13)15-6-5-14(23)9-16(15)24;;/h2-9,17H,10H2,1H3,(H,29,30)(H2,25,28,31)(H2,26,27,32);;/q;2*+1/p-2/t17-;;/m0../s1. The predicted octanol–water partition coefficient (Wildman–Crippen LogP) is -4.29. The molecule has 1 atom stereocenters. The molecule has 0 bridgehead atoms. The minimum absolute atomic E-state index is 0. The van der Waals surface area contributed by atoms with Gasteiger partial charge in [0, 0.05) is 29.7 Å². The van der Waals surface area contributed by atoms with Crippen molar-refractivity contribution >= 4 is 17.7 Å². The smallest absolute Gasteiger partial charge is 0.871 e. The number of nitrogens with one attached hydrogen (secondary N) is 3. The van der Waals surface area contributed by atoms with Crippen molar-refractivity contribution in [2.45, 2.75) is 19.4 Å². The fraction of sp³-hybridized carbons (Fsp3) is 0.136. The van der Waals surface area contributed by atoms with Crippen LogP contribution in [-0.4, -0.2) is 17.0 Å². The number of pyridine rings is 1. The van der Waals surface area contributed by atoms with Crippen LogP contribution in [0.2, 0.25) is 0 Å². The van der Waals surface area contributed by atoms with Crippen molar-refractivity contribution in [3.05, 3.63) is 81.8 Å². The number of hydrogen-bond donors (Lipinski definition) is 3. The number of aryl methyl sites for hydroxylation is 1. The summed E-state index contributed by atoms with van der Waals surface area (Å²) in [6, 6.07) is 7.98. The molecule has 1 heterocycles. The predicted molar refractivity (Wildman–Crippen MR) is 108 cm³/mol. The summed E-state index contributed by atoms with van der Waals surface area (Å²) in [7, 11) is 0. The molecule has 8 nitrogen and oxygen atoms in total. The van der Waals surface area contributed by atoms with Crippen LogP contribution in [0.15, 0.2) is 53.3 Å². The zero-order chi connectivity index (χ0) is 23.4. The van der Waals surface area contributed by atoms with Gasteiger partial charge in [-0.15, -0.1) is 0 Å². The van der Waals surface area contributed by atoms with Gasteiger partial charge in [-0.2, -0.15) is 0 Å². The van der Waals surface area contributed by atoms with E-state index in [0.717, 1.165) is 12.1 Å². The molecular weight excluding hydrogens is 470 g/mol. The maximum atomic E-state index is 14.1. The van der Waals surface area contributed by atoms with Crippen LogP contribution in [0.3, 0.4) is 0 Å². The summed E-state index contributed by atoms with van der Waals surface area (Å²) >= 11 is 0. The summed E-state index contributed by atoms with van der Waals surface area (Å²) in [4.78, 5) is 37.9. The Labute approximate surface area is 237 Å². The molecule has 2 aromatic carbocycles. The number of H-pyrrole nitrogens is 1. The third kappa shape index (κ3) is 7.66. The number of carboxylic acid groups (broad SMARTS) is 1. The molecule has 0 aliphatic rings. The van der Waals surface area contributed by atoms with E-state index < -0.39 is 53.1 Å². The number of carboxylic acids is 1. The van der Waals surface area contributed by atoms with Gasteiger partial charge in [-0.1, -0.05) is 23.9 Å². The van der Waals surface area contributed by atoms with Crippen LogP contribution < -0.4 is 85.5 Å². The number of aliphatic carboxylic acids is 1. The van der Waals surface area contributed by atoms with E-state index in [9.17, 15) is 33.4 Å². The third-order valence-corrected chi connectivity index (χ3v) is 4.58. The summed E-state index contributed by atoms with van der Waals surface area (Å²) in [5, 5.41) is 27.7. The number of aromatic nitrogens is 1. The van der Waals surface area contributed by atoms with Crippen molar-refractivity contribution in [1.29, 1.82) is 0 Å². The van der Waals surface area contributed by atoms with Gasteiger partial charge < -0.3 is 30.6 Å². The van der Waals surface area contributed by atoms with E-state index in [1.54, 1.807) is 0 Å². The van der Waals surface area contributed by atoms with E-state index in [-0.39, 0.29) is 70.2 Å². The Balaban J connectivity index is 0.00000289. The molecule has 0 spiro atoms. The molecule has 3 rings (SSSR count). The Morgan fingerprint density at radius 1 is 1.09 bits per heavy atom. The normalized spacial score (nSPS) is 10.9. The zero-order valence-electron chi connectivity index (χ0n) is 18.7. The number of carbonyl (C=O) groups excluding carboxylic acids is 2. The second-order valence-corrected chi connectivity index (χ2v) is 7.00. The minimum Gasteiger partial charge on any atom is -0.871 e. The fourth-order valence-corrected chi connectivity index (χ4v) is 3.15. The van der Waals surface area contributed by atoms with Crippen LogP contribution in [0.25, 0.3) is 11.1 Å². The molecule has 0 fully saturated rings. The number of rotatable bonds is 6. The maximum Gasteiger partial charge on any atom is 1.00 e. The molecule has 2 amide bonds. The van der Waals surface area contributed by atoms with Crippen LogP contribution in [0, 0.1) is 18.6 Å². The van der Waals surface area contributed by atoms with Crippen LogP contribution in [0.1, 0.15) is 23.7 Å². The van der Waals surface area contributed by atoms with Gasteiger partial charge in [0.1, 0.15) is 17.3 Å². The number of hydrogen-bond acceptors (Lipinski definition) is 5. The molecule has 3 N–H and O–H groups in total. The van der Waals surface area contributed by atoms with Crippen LogP contribution in [0.5, 0.6) is 5.75 Å². The number of amides is 2. The molecule has 0 aliphatic heterocycles. The maximum absolute atomic E-state index is 14.1. The molecule has 0 aliphatic carbocycles. The van der Waals surface area contributed by atoms with E-state index in [2.05, 4.69) is 15.6 Å². The summed E-state index contributed by atoms with van der Waals surface area (Å²) in [6.07, 6.45) is -0.642.